The van der Waals surface area contributed by atoms with E-state index in [1.54, 1.807) is 18.2 Å². The molecule has 0 aromatic heterocycles. The Morgan fingerprint density at radius 1 is 0.957 bits per heavy atom. The standard InChI is InChI=1S/C18H26N2O3/c1-3-4-5-6-7-10-13-19-18(23)17(22)15-11-8-9-12-16(15)20-14(2)21/h8-9,11-12H,3-7,10,13H2,1-2H3,(H,19,23)(H,20,21). The van der Waals surface area contributed by atoms with Crippen molar-refractivity contribution in [2.75, 3.05) is 11.9 Å². The second-order valence-electron chi connectivity index (χ2n) is 5.58. The molecule has 1 rings (SSSR count). The fourth-order valence-corrected chi connectivity index (χ4v) is 2.29. The maximum absolute atomic E-state index is 12.2. The summed E-state index contributed by atoms with van der Waals surface area (Å²) in [7, 11) is 0. The van der Waals surface area contributed by atoms with E-state index in [-0.39, 0.29) is 11.5 Å². The molecule has 0 saturated carbocycles. The van der Waals surface area contributed by atoms with E-state index in [0.717, 1.165) is 19.3 Å². The van der Waals surface area contributed by atoms with Crippen LogP contribution in [0.2, 0.25) is 0 Å². The summed E-state index contributed by atoms with van der Waals surface area (Å²) < 4.78 is 0. The SMILES string of the molecule is CCCCCCCCNC(=O)C(=O)c1ccccc1NC(C)=O. The van der Waals surface area contributed by atoms with Crippen LogP contribution in [0.1, 0.15) is 62.7 Å². The average Bonchev–Trinajstić information content (AvgIpc) is 2.53. The maximum Gasteiger partial charge on any atom is 0.292 e. The molecule has 0 aliphatic rings. The van der Waals surface area contributed by atoms with Gasteiger partial charge in [0.2, 0.25) is 5.91 Å². The normalized spacial score (nSPS) is 10.2. The number of rotatable bonds is 10. The summed E-state index contributed by atoms with van der Waals surface area (Å²) >= 11 is 0. The summed E-state index contributed by atoms with van der Waals surface area (Å²) in [6.45, 7) is 4.03. The van der Waals surface area contributed by atoms with Crippen LogP contribution in [0.3, 0.4) is 0 Å². The molecule has 1 aromatic rings. The molecular weight excluding hydrogens is 292 g/mol. The molecule has 1 aromatic carbocycles. The Morgan fingerprint density at radius 3 is 2.30 bits per heavy atom. The van der Waals surface area contributed by atoms with E-state index in [1.165, 1.54) is 32.3 Å². The van der Waals surface area contributed by atoms with Gasteiger partial charge in [0, 0.05) is 13.5 Å². The molecule has 0 spiro atoms. The number of hydrogen-bond donors (Lipinski definition) is 2. The fourth-order valence-electron chi connectivity index (χ4n) is 2.29. The molecule has 0 fully saturated rings. The largest absolute Gasteiger partial charge is 0.349 e. The molecule has 2 N–H and O–H groups in total. The van der Waals surface area contributed by atoms with Crippen LogP contribution in [-0.2, 0) is 9.59 Å². The second kappa shape index (κ2) is 10.5. The van der Waals surface area contributed by atoms with E-state index in [4.69, 9.17) is 0 Å². The molecule has 23 heavy (non-hydrogen) atoms. The Hall–Kier alpha value is -2.17. The average molecular weight is 318 g/mol. The van der Waals surface area contributed by atoms with E-state index < -0.39 is 11.7 Å². The zero-order valence-corrected chi connectivity index (χ0v) is 14.0. The van der Waals surface area contributed by atoms with Gasteiger partial charge in [0.1, 0.15) is 0 Å². The third-order valence-corrected chi connectivity index (χ3v) is 3.50. The van der Waals surface area contributed by atoms with Crippen LogP contribution in [0.5, 0.6) is 0 Å². The molecule has 5 nitrogen and oxygen atoms in total. The lowest BCUT2D eigenvalue weighted by atomic mass is 10.1. The molecule has 0 aliphatic carbocycles. The molecule has 0 bridgehead atoms. The van der Waals surface area contributed by atoms with Crippen molar-refractivity contribution in [1.82, 2.24) is 5.32 Å². The molecule has 0 atom stereocenters. The van der Waals surface area contributed by atoms with Crippen LogP contribution in [0, 0.1) is 0 Å². The Kier molecular flexibility index (Phi) is 8.65. The highest BCUT2D eigenvalue weighted by Gasteiger charge is 2.19. The lowest BCUT2D eigenvalue weighted by molar-refractivity contribution is -0.117. The quantitative estimate of drug-likeness (QED) is 0.395. The lowest BCUT2D eigenvalue weighted by Gasteiger charge is -2.09. The van der Waals surface area contributed by atoms with Crippen LogP contribution >= 0.6 is 0 Å². The smallest absolute Gasteiger partial charge is 0.292 e. The number of para-hydroxylation sites is 1. The van der Waals surface area contributed by atoms with Gasteiger partial charge in [-0.05, 0) is 18.6 Å². The topological polar surface area (TPSA) is 75.3 Å². The summed E-state index contributed by atoms with van der Waals surface area (Å²) in [6, 6.07) is 6.52. The van der Waals surface area contributed by atoms with Gasteiger partial charge in [0.15, 0.2) is 0 Å². The van der Waals surface area contributed by atoms with E-state index in [9.17, 15) is 14.4 Å². The van der Waals surface area contributed by atoms with Crippen LogP contribution in [-0.4, -0.2) is 24.1 Å². The highest BCUT2D eigenvalue weighted by molar-refractivity contribution is 6.44. The summed E-state index contributed by atoms with van der Waals surface area (Å²) in [5, 5.41) is 5.22. The Morgan fingerprint density at radius 2 is 1.61 bits per heavy atom. The van der Waals surface area contributed by atoms with Crippen molar-refractivity contribution in [3.8, 4) is 0 Å². The number of benzene rings is 1. The summed E-state index contributed by atoms with van der Waals surface area (Å²) in [4.78, 5) is 35.3. The number of Topliss-reactive ketones (excluding diaryl/α,β-unsaturated/α-hetero) is 1. The number of amides is 2. The van der Waals surface area contributed by atoms with Gasteiger partial charge in [0.05, 0.1) is 11.3 Å². The van der Waals surface area contributed by atoms with Gasteiger partial charge in [-0.25, -0.2) is 0 Å². The van der Waals surface area contributed by atoms with Crippen molar-refractivity contribution in [2.45, 2.75) is 52.4 Å². The van der Waals surface area contributed by atoms with Crippen LogP contribution in [0.4, 0.5) is 5.69 Å². The van der Waals surface area contributed by atoms with E-state index >= 15 is 0 Å². The first-order valence-corrected chi connectivity index (χ1v) is 8.25. The second-order valence-corrected chi connectivity index (χ2v) is 5.58. The zero-order chi connectivity index (χ0) is 17.1. The number of nitrogens with one attached hydrogen (secondary N) is 2. The van der Waals surface area contributed by atoms with Crippen molar-refractivity contribution < 1.29 is 14.4 Å². The van der Waals surface area contributed by atoms with Crippen LogP contribution in [0.25, 0.3) is 0 Å². The minimum atomic E-state index is -0.628. The monoisotopic (exact) mass is 318 g/mol. The first-order chi connectivity index (χ1) is 11.1. The van der Waals surface area contributed by atoms with Crippen LogP contribution in [0.15, 0.2) is 24.3 Å². The minimum Gasteiger partial charge on any atom is -0.349 e. The zero-order valence-electron chi connectivity index (χ0n) is 14.0. The summed E-state index contributed by atoms with van der Waals surface area (Å²) in [5.74, 6) is -1.53. The van der Waals surface area contributed by atoms with Crippen molar-refractivity contribution in [3.05, 3.63) is 29.8 Å². The molecule has 0 saturated heterocycles. The molecule has 0 unspecified atom stereocenters. The van der Waals surface area contributed by atoms with E-state index in [0.29, 0.717) is 12.2 Å². The predicted molar refractivity (Wildman–Crippen MR) is 91.5 cm³/mol. The van der Waals surface area contributed by atoms with Crippen molar-refractivity contribution in [2.24, 2.45) is 0 Å². The van der Waals surface area contributed by atoms with Crippen LogP contribution < -0.4 is 10.6 Å². The highest BCUT2D eigenvalue weighted by atomic mass is 16.2. The first kappa shape index (κ1) is 18.9. The van der Waals surface area contributed by atoms with Gasteiger partial charge in [-0.15, -0.1) is 0 Å². The van der Waals surface area contributed by atoms with E-state index in [2.05, 4.69) is 17.6 Å². The number of anilines is 1. The maximum atomic E-state index is 12.2. The fraction of sp³-hybridized carbons (Fsp3) is 0.500. The number of carbonyl (C=O) groups is 3. The number of unbranched alkanes of at least 4 members (excludes halogenated alkanes) is 5. The van der Waals surface area contributed by atoms with Gasteiger partial charge < -0.3 is 10.6 Å². The van der Waals surface area contributed by atoms with E-state index in [1.807, 2.05) is 0 Å². The minimum absolute atomic E-state index is 0.211. The van der Waals surface area contributed by atoms with Gasteiger partial charge in [0.25, 0.3) is 11.7 Å². The summed E-state index contributed by atoms with van der Waals surface area (Å²) in [6.07, 6.45) is 6.74. The van der Waals surface area contributed by atoms with Crippen molar-refractivity contribution in [3.63, 3.8) is 0 Å². The van der Waals surface area contributed by atoms with Gasteiger partial charge in [-0.3, -0.25) is 14.4 Å². The Balaban J connectivity index is 2.45. The molecular formula is C18H26N2O3. The van der Waals surface area contributed by atoms with Gasteiger partial charge in [-0.2, -0.15) is 0 Å². The summed E-state index contributed by atoms with van der Waals surface area (Å²) in [5.41, 5.74) is 0.572. The molecule has 0 aliphatic heterocycles. The number of ketones is 1. The molecule has 0 heterocycles. The highest BCUT2D eigenvalue weighted by Crippen LogP contribution is 2.15. The molecule has 5 heteroatoms. The Labute approximate surface area is 137 Å². The molecule has 0 radical (unpaired) electrons. The third-order valence-electron chi connectivity index (χ3n) is 3.50. The molecule has 2 amide bonds. The number of hydrogen-bond acceptors (Lipinski definition) is 3. The van der Waals surface area contributed by atoms with Gasteiger partial charge >= 0.3 is 0 Å². The first-order valence-electron chi connectivity index (χ1n) is 8.25. The van der Waals surface area contributed by atoms with Crippen molar-refractivity contribution in [1.29, 1.82) is 0 Å². The lowest BCUT2D eigenvalue weighted by Crippen LogP contribution is -2.32. The molecule has 126 valence electrons. The predicted octanol–water partition coefficient (Wildman–Crippen LogP) is 3.30. The van der Waals surface area contributed by atoms with Crippen molar-refractivity contribution >= 4 is 23.3 Å². The van der Waals surface area contributed by atoms with Gasteiger partial charge in [-0.1, -0.05) is 51.2 Å². The third kappa shape index (κ3) is 7.08. The number of carbonyl (C=O) groups excluding carboxylic acids is 3. The Bertz CT molecular complexity index is 541.